The van der Waals surface area contributed by atoms with Crippen molar-refractivity contribution in [2.75, 3.05) is 43.9 Å². The minimum atomic E-state index is 0.777. The maximum Gasteiger partial charge on any atom is 0.186 e. The molecule has 1 aromatic heterocycles. The molecule has 1 aliphatic rings. The molecule has 0 radical (unpaired) electrons. The van der Waals surface area contributed by atoms with Crippen LogP contribution in [0.3, 0.4) is 0 Å². The summed E-state index contributed by atoms with van der Waals surface area (Å²) in [6.45, 7) is 4.31. The van der Waals surface area contributed by atoms with E-state index in [0.717, 1.165) is 42.5 Å². The number of rotatable bonds is 1. The number of nitrogen functional groups attached to an aromatic ring is 1. The first-order valence-corrected chi connectivity index (χ1v) is 6.64. The molecule has 0 spiro atoms. The maximum absolute atomic E-state index is 5.94. The van der Waals surface area contributed by atoms with Crippen LogP contribution < -0.4 is 10.6 Å². The van der Waals surface area contributed by atoms with E-state index in [-0.39, 0.29) is 0 Å². The zero-order chi connectivity index (χ0) is 11.8. The van der Waals surface area contributed by atoms with Gasteiger partial charge in [0.25, 0.3) is 0 Å². The van der Waals surface area contributed by atoms with Gasteiger partial charge >= 0.3 is 0 Å². The molecule has 0 unspecified atom stereocenters. The number of thiazole rings is 1. The molecule has 1 saturated heterocycles. The Labute approximate surface area is 105 Å². The lowest BCUT2D eigenvalue weighted by Crippen LogP contribution is -2.44. The maximum atomic E-state index is 5.94. The summed E-state index contributed by atoms with van der Waals surface area (Å²) < 4.78 is 1.18. The van der Waals surface area contributed by atoms with Crippen molar-refractivity contribution < 1.29 is 0 Å². The van der Waals surface area contributed by atoms with Crippen LogP contribution in [0, 0.1) is 0 Å². The van der Waals surface area contributed by atoms with Crippen molar-refractivity contribution in [3.63, 3.8) is 0 Å². The predicted molar refractivity (Wildman–Crippen MR) is 73.7 cm³/mol. The van der Waals surface area contributed by atoms with Gasteiger partial charge in [0.15, 0.2) is 5.13 Å². The van der Waals surface area contributed by atoms with Crippen LogP contribution in [0.15, 0.2) is 18.2 Å². The molecule has 4 nitrogen and oxygen atoms in total. The molecule has 90 valence electrons. The zero-order valence-electron chi connectivity index (χ0n) is 9.89. The van der Waals surface area contributed by atoms with E-state index in [1.54, 1.807) is 11.3 Å². The van der Waals surface area contributed by atoms with Gasteiger partial charge in [0, 0.05) is 26.2 Å². The summed E-state index contributed by atoms with van der Waals surface area (Å²) in [5.41, 5.74) is 7.67. The Kier molecular flexibility index (Phi) is 2.64. The molecule has 1 fully saturated rings. The Balaban J connectivity index is 1.93. The third kappa shape index (κ3) is 1.96. The Hall–Kier alpha value is -1.33. The fraction of sp³-hybridized carbons (Fsp3) is 0.417. The number of para-hydroxylation sites is 1. The molecule has 2 heterocycles. The van der Waals surface area contributed by atoms with Gasteiger partial charge in [-0.2, -0.15) is 0 Å². The number of hydrogen-bond donors (Lipinski definition) is 1. The molecule has 3 rings (SSSR count). The van der Waals surface area contributed by atoms with Crippen LogP contribution in [0.1, 0.15) is 0 Å². The van der Waals surface area contributed by atoms with E-state index in [1.807, 2.05) is 12.1 Å². The van der Waals surface area contributed by atoms with Gasteiger partial charge in [-0.15, -0.1) is 0 Å². The van der Waals surface area contributed by atoms with Crippen LogP contribution in [0.2, 0.25) is 0 Å². The van der Waals surface area contributed by atoms with Crippen molar-refractivity contribution in [3.8, 4) is 0 Å². The molecule has 1 aliphatic heterocycles. The van der Waals surface area contributed by atoms with Crippen molar-refractivity contribution >= 4 is 32.4 Å². The summed E-state index contributed by atoms with van der Waals surface area (Å²) in [6.07, 6.45) is 0. The second kappa shape index (κ2) is 4.16. The third-order valence-corrected chi connectivity index (χ3v) is 4.29. The van der Waals surface area contributed by atoms with Crippen LogP contribution in [-0.4, -0.2) is 43.1 Å². The molecule has 1 aromatic carbocycles. The van der Waals surface area contributed by atoms with Crippen LogP contribution in [0.4, 0.5) is 10.8 Å². The fourth-order valence-corrected chi connectivity index (χ4v) is 3.14. The van der Waals surface area contributed by atoms with E-state index in [1.165, 1.54) is 4.70 Å². The van der Waals surface area contributed by atoms with E-state index in [0.29, 0.717) is 0 Å². The molecule has 0 amide bonds. The normalized spacial score (nSPS) is 17.8. The largest absolute Gasteiger partial charge is 0.397 e. The lowest BCUT2D eigenvalue weighted by Gasteiger charge is -2.32. The molecule has 0 saturated carbocycles. The Morgan fingerprint density at radius 2 is 2.00 bits per heavy atom. The highest BCUT2D eigenvalue weighted by molar-refractivity contribution is 7.22. The van der Waals surface area contributed by atoms with Crippen molar-refractivity contribution in [1.82, 2.24) is 9.88 Å². The highest BCUT2D eigenvalue weighted by atomic mass is 32.1. The van der Waals surface area contributed by atoms with Gasteiger partial charge in [-0.3, -0.25) is 0 Å². The lowest BCUT2D eigenvalue weighted by molar-refractivity contribution is 0.313. The molecular weight excluding hydrogens is 232 g/mol. The average molecular weight is 248 g/mol. The first-order valence-electron chi connectivity index (χ1n) is 5.82. The summed E-state index contributed by atoms with van der Waals surface area (Å²) in [6, 6.07) is 5.99. The number of anilines is 2. The molecule has 17 heavy (non-hydrogen) atoms. The van der Waals surface area contributed by atoms with E-state index < -0.39 is 0 Å². The molecule has 2 aromatic rings. The van der Waals surface area contributed by atoms with Gasteiger partial charge in [-0.1, -0.05) is 17.4 Å². The van der Waals surface area contributed by atoms with Crippen molar-refractivity contribution in [3.05, 3.63) is 18.2 Å². The Bertz CT molecular complexity index is 528. The summed E-state index contributed by atoms with van der Waals surface area (Å²) in [7, 11) is 2.16. The lowest BCUT2D eigenvalue weighted by atomic mass is 10.3. The first-order chi connectivity index (χ1) is 8.24. The first kappa shape index (κ1) is 10.8. The topological polar surface area (TPSA) is 45.4 Å². The summed E-state index contributed by atoms with van der Waals surface area (Å²) >= 11 is 1.74. The second-order valence-corrected chi connectivity index (χ2v) is 5.49. The summed E-state index contributed by atoms with van der Waals surface area (Å²) in [5.74, 6) is 0. The average Bonchev–Trinajstić information content (AvgIpc) is 2.75. The smallest absolute Gasteiger partial charge is 0.186 e. The standard InChI is InChI=1S/C12H16N4S/c1-15-5-7-16(8-6-15)12-14-11-9(13)3-2-4-10(11)17-12/h2-4H,5-8,13H2,1H3. The number of likely N-dealkylation sites (N-methyl/N-ethyl adjacent to an activating group) is 1. The highest BCUT2D eigenvalue weighted by Gasteiger charge is 2.17. The summed E-state index contributed by atoms with van der Waals surface area (Å²) in [4.78, 5) is 9.36. The van der Waals surface area contributed by atoms with Crippen molar-refractivity contribution in [2.45, 2.75) is 0 Å². The van der Waals surface area contributed by atoms with E-state index in [4.69, 9.17) is 5.73 Å². The Morgan fingerprint density at radius 1 is 1.24 bits per heavy atom. The number of nitrogens with two attached hydrogens (primary N) is 1. The molecule has 2 N–H and O–H groups in total. The van der Waals surface area contributed by atoms with Crippen molar-refractivity contribution in [2.24, 2.45) is 0 Å². The zero-order valence-corrected chi connectivity index (χ0v) is 10.7. The Morgan fingerprint density at radius 3 is 2.71 bits per heavy atom. The fourth-order valence-electron chi connectivity index (χ4n) is 2.09. The van der Waals surface area contributed by atoms with Gasteiger partial charge in [-0.05, 0) is 19.2 Å². The van der Waals surface area contributed by atoms with Gasteiger partial charge in [0.2, 0.25) is 0 Å². The number of benzene rings is 1. The van der Waals surface area contributed by atoms with Crippen LogP contribution in [0.5, 0.6) is 0 Å². The third-order valence-electron chi connectivity index (χ3n) is 3.21. The molecular formula is C12H16N4S. The molecule has 5 heteroatoms. The molecule has 0 atom stereocenters. The SMILES string of the molecule is CN1CCN(c2nc3c(N)cccc3s2)CC1. The number of fused-ring (bicyclic) bond motifs is 1. The van der Waals surface area contributed by atoms with Crippen molar-refractivity contribution in [1.29, 1.82) is 0 Å². The van der Waals surface area contributed by atoms with Gasteiger partial charge in [0.1, 0.15) is 5.52 Å². The van der Waals surface area contributed by atoms with Crippen LogP contribution in [-0.2, 0) is 0 Å². The van der Waals surface area contributed by atoms with Gasteiger partial charge in [0.05, 0.1) is 10.4 Å². The summed E-state index contributed by atoms with van der Waals surface area (Å²) in [5, 5.41) is 1.10. The minimum Gasteiger partial charge on any atom is -0.397 e. The van der Waals surface area contributed by atoms with E-state index in [9.17, 15) is 0 Å². The predicted octanol–water partition coefficient (Wildman–Crippen LogP) is 1.63. The second-order valence-electron chi connectivity index (χ2n) is 4.48. The molecule has 0 aliphatic carbocycles. The number of nitrogens with zero attached hydrogens (tertiary/aromatic N) is 3. The minimum absolute atomic E-state index is 0.777. The number of hydrogen-bond acceptors (Lipinski definition) is 5. The van der Waals surface area contributed by atoms with Gasteiger partial charge < -0.3 is 15.5 Å². The highest BCUT2D eigenvalue weighted by Crippen LogP contribution is 2.31. The molecule has 0 bridgehead atoms. The quantitative estimate of drug-likeness (QED) is 0.779. The van der Waals surface area contributed by atoms with E-state index in [2.05, 4.69) is 27.9 Å². The number of aromatic nitrogens is 1. The van der Waals surface area contributed by atoms with Crippen LogP contribution in [0.25, 0.3) is 10.2 Å². The van der Waals surface area contributed by atoms with Crippen LogP contribution >= 0.6 is 11.3 Å². The monoisotopic (exact) mass is 248 g/mol. The van der Waals surface area contributed by atoms with Gasteiger partial charge in [-0.25, -0.2) is 4.98 Å². The van der Waals surface area contributed by atoms with E-state index >= 15 is 0 Å². The number of piperazine rings is 1.